The first-order chi connectivity index (χ1) is 9.35. The van der Waals surface area contributed by atoms with E-state index in [0.29, 0.717) is 19.5 Å². The molecule has 0 saturated carbocycles. The molecule has 0 aromatic heterocycles. The van der Waals surface area contributed by atoms with Gasteiger partial charge in [0.1, 0.15) is 5.60 Å². The SMILES string of the molecule is CC(C)(C)OC(=O)N1C[C@H](O)C[C@H](c2ccccc2)C1. The molecule has 0 unspecified atom stereocenters. The second-order valence-electron chi connectivity index (χ2n) is 6.38. The number of amides is 1. The lowest BCUT2D eigenvalue weighted by atomic mass is 9.89. The van der Waals surface area contributed by atoms with Crippen molar-refractivity contribution in [1.82, 2.24) is 4.90 Å². The summed E-state index contributed by atoms with van der Waals surface area (Å²) >= 11 is 0. The van der Waals surface area contributed by atoms with Crippen LogP contribution in [0.4, 0.5) is 4.79 Å². The minimum atomic E-state index is -0.512. The van der Waals surface area contributed by atoms with E-state index in [2.05, 4.69) is 0 Å². The van der Waals surface area contributed by atoms with Gasteiger partial charge in [-0.25, -0.2) is 4.79 Å². The molecule has 0 aliphatic carbocycles. The molecule has 4 nitrogen and oxygen atoms in total. The van der Waals surface area contributed by atoms with E-state index in [1.54, 1.807) is 4.90 Å². The monoisotopic (exact) mass is 277 g/mol. The Kier molecular flexibility index (Phi) is 4.33. The lowest BCUT2D eigenvalue weighted by Crippen LogP contribution is -2.47. The zero-order valence-electron chi connectivity index (χ0n) is 12.4. The zero-order valence-corrected chi connectivity index (χ0v) is 12.4. The van der Waals surface area contributed by atoms with E-state index in [0.717, 1.165) is 5.56 Å². The van der Waals surface area contributed by atoms with Crippen molar-refractivity contribution in [3.05, 3.63) is 35.9 Å². The molecular weight excluding hydrogens is 254 g/mol. The van der Waals surface area contributed by atoms with Gasteiger partial charge in [-0.2, -0.15) is 0 Å². The van der Waals surface area contributed by atoms with Crippen molar-refractivity contribution >= 4 is 6.09 Å². The van der Waals surface area contributed by atoms with Crippen LogP contribution >= 0.6 is 0 Å². The summed E-state index contributed by atoms with van der Waals surface area (Å²) in [6.45, 7) is 6.48. The molecule has 0 spiro atoms. The molecule has 1 aliphatic heterocycles. The van der Waals surface area contributed by atoms with Crippen LogP contribution < -0.4 is 0 Å². The molecular formula is C16H23NO3. The van der Waals surface area contributed by atoms with Gasteiger partial charge >= 0.3 is 6.09 Å². The number of β-amino-alcohol motifs (C(OH)–C–C–N with tert-alkyl or cyclic N) is 1. The second-order valence-corrected chi connectivity index (χ2v) is 6.38. The molecule has 1 aliphatic rings. The number of ether oxygens (including phenoxy) is 1. The van der Waals surface area contributed by atoms with E-state index in [9.17, 15) is 9.90 Å². The summed E-state index contributed by atoms with van der Waals surface area (Å²) in [5, 5.41) is 10.0. The number of rotatable bonds is 1. The van der Waals surface area contributed by atoms with Crippen molar-refractivity contribution in [2.45, 2.75) is 44.8 Å². The summed E-state index contributed by atoms with van der Waals surface area (Å²) in [6.07, 6.45) is -0.165. The molecule has 110 valence electrons. The first-order valence-electron chi connectivity index (χ1n) is 7.06. The third-order valence-corrected chi connectivity index (χ3v) is 3.35. The fourth-order valence-electron chi connectivity index (χ4n) is 2.51. The highest BCUT2D eigenvalue weighted by atomic mass is 16.6. The summed E-state index contributed by atoms with van der Waals surface area (Å²) < 4.78 is 5.39. The first kappa shape index (κ1) is 14.9. The van der Waals surface area contributed by atoms with Gasteiger partial charge in [0, 0.05) is 19.0 Å². The molecule has 1 fully saturated rings. The van der Waals surface area contributed by atoms with E-state index >= 15 is 0 Å². The maximum atomic E-state index is 12.1. The molecule has 0 radical (unpaired) electrons. The molecule has 1 aromatic carbocycles. The van der Waals surface area contributed by atoms with Crippen LogP contribution in [0.1, 0.15) is 38.7 Å². The van der Waals surface area contributed by atoms with Crippen LogP contribution in [-0.2, 0) is 4.74 Å². The maximum Gasteiger partial charge on any atom is 0.410 e. The van der Waals surface area contributed by atoms with E-state index in [1.165, 1.54) is 0 Å². The number of nitrogens with zero attached hydrogens (tertiary/aromatic N) is 1. The lowest BCUT2D eigenvalue weighted by Gasteiger charge is -2.36. The number of benzene rings is 1. The van der Waals surface area contributed by atoms with Crippen LogP contribution in [-0.4, -0.2) is 40.9 Å². The Morgan fingerprint density at radius 1 is 1.25 bits per heavy atom. The number of carbonyl (C=O) groups is 1. The average molecular weight is 277 g/mol. The van der Waals surface area contributed by atoms with Gasteiger partial charge in [-0.1, -0.05) is 30.3 Å². The number of likely N-dealkylation sites (tertiary alicyclic amines) is 1. The van der Waals surface area contributed by atoms with Gasteiger partial charge in [0.15, 0.2) is 0 Å². The fraction of sp³-hybridized carbons (Fsp3) is 0.562. The molecule has 2 atom stereocenters. The van der Waals surface area contributed by atoms with Gasteiger partial charge in [-0.05, 0) is 32.8 Å². The molecule has 0 bridgehead atoms. The Morgan fingerprint density at radius 3 is 2.50 bits per heavy atom. The molecule has 20 heavy (non-hydrogen) atoms. The van der Waals surface area contributed by atoms with Gasteiger partial charge in [-0.15, -0.1) is 0 Å². The number of aliphatic hydroxyl groups excluding tert-OH is 1. The van der Waals surface area contributed by atoms with Crippen molar-refractivity contribution in [2.24, 2.45) is 0 Å². The number of hydrogen-bond acceptors (Lipinski definition) is 3. The number of piperidine rings is 1. The van der Waals surface area contributed by atoms with Gasteiger partial charge < -0.3 is 14.7 Å². The van der Waals surface area contributed by atoms with E-state index in [-0.39, 0.29) is 12.0 Å². The van der Waals surface area contributed by atoms with Crippen LogP contribution in [0.3, 0.4) is 0 Å². The van der Waals surface area contributed by atoms with Crippen LogP contribution in [0.5, 0.6) is 0 Å². The molecule has 4 heteroatoms. The smallest absolute Gasteiger partial charge is 0.410 e. The molecule has 1 aromatic rings. The molecule has 1 amide bonds. The van der Waals surface area contributed by atoms with Crippen molar-refractivity contribution in [1.29, 1.82) is 0 Å². The maximum absolute atomic E-state index is 12.1. The largest absolute Gasteiger partial charge is 0.444 e. The fourth-order valence-corrected chi connectivity index (χ4v) is 2.51. The van der Waals surface area contributed by atoms with Crippen LogP contribution in [0, 0.1) is 0 Å². The van der Waals surface area contributed by atoms with Gasteiger partial charge in [0.05, 0.1) is 6.10 Å². The summed E-state index contributed by atoms with van der Waals surface area (Å²) in [5.41, 5.74) is 0.640. The summed E-state index contributed by atoms with van der Waals surface area (Å²) in [6, 6.07) is 10.0. The predicted molar refractivity (Wildman–Crippen MR) is 77.6 cm³/mol. The predicted octanol–water partition coefficient (Wildman–Crippen LogP) is 2.77. The van der Waals surface area contributed by atoms with Gasteiger partial charge in [0.2, 0.25) is 0 Å². The third-order valence-electron chi connectivity index (χ3n) is 3.35. The summed E-state index contributed by atoms with van der Waals surface area (Å²) in [4.78, 5) is 13.7. The average Bonchev–Trinajstić information content (AvgIpc) is 2.37. The first-order valence-corrected chi connectivity index (χ1v) is 7.06. The molecule has 1 N–H and O–H groups in total. The minimum Gasteiger partial charge on any atom is -0.444 e. The zero-order chi connectivity index (χ0) is 14.8. The Morgan fingerprint density at radius 2 is 1.90 bits per heavy atom. The van der Waals surface area contributed by atoms with Gasteiger partial charge in [-0.3, -0.25) is 0 Å². The van der Waals surface area contributed by atoms with E-state index in [1.807, 2.05) is 51.1 Å². The topological polar surface area (TPSA) is 49.8 Å². The van der Waals surface area contributed by atoms with Crippen molar-refractivity contribution in [3.63, 3.8) is 0 Å². The minimum absolute atomic E-state index is 0.160. The highest BCUT2D eigenvalue weighted by molar-refractivity contribution is 5.68. The summed E-state index contributed by atoms with van der Waals surface area (Å²) in [5.74, 6) is 0.160. The highest BCUT2D eigenvalue weighted by Gasteiger charge is 2.32. The normalized spacial score (nSPS) is 23.5. The third kappa shape index (κ3) is 3.97. The van der Waals surface area contributed by atoms with Crippen LogP contribution in [0.25, 0.3) is 0 Å². The molecule has 1 saturated heterocycles. The second kappa shape index (κ2) is 5.83. The van der Waals surface area contributed by atoms with Crippen LogP contribution in [0.15, 0.2) is 30.3 Å². The van der Waals surface area contributed by atoms with Crippen LogP contribution in [0.2, 0.25) is 0 Å². The van der Waals surface area contributed by atoms with Crippen molar-refractivity contribution in [2.75, 3.05) is 13.1 Å². The Balaban J connectivity index is 2.07. The highest BCUT2D eigenvalue weighted by Crippen LogP contribution is 2.27. The number of aliphatic hydroxyl groups is 1. The Hall–Kier alpha value is -1.55. The standard InChI is InChI=1S/C16H23NO3/c1-16(2,3)20-15(19)17-10-13(9-14(18)11-17)12-7-5-4-6-8-12/h4-8,13-14,18H,9-11H2,1-3H3/t13-,14+/m0/s1. The number of hydrogen-bond donors (Lipinski definition) is 1. The van der Waals surface area contributed by atoms with E-state index in [4.69, 9.17) is 4.74 Å². The summed E-state index contributed by atoms with van der Waals surface area (Å²) in [7, 11) is 0. The lowest BCUT2D eigenvalue weighted by molar-refractivity contribution is -0.0000674. The molecule has 2 rings (SSSR count). The quantitative estimate of drug-likeness (QED) is 0.858. The van der Waals surface area contributed by atoms with Gasteiger partial charge in [0.25, 0.3) is 0 Å². The Labute approximate surface area is 120 Å². The van der Waals surface area contributed by atoms with E-state index < -0.39 is 11.7 Å². The Bertz CT molecular complexity index is 453. The molecule has 1 heterocycles. The van der Waals surface area contributed by atoms with Crippen molar-refractivity contribution in [3.8, 4) is 0 Å². The number of carbonyl (C=O) groups excluding carboxylic acids is 1. The van der Waals surface area contributed by atoms with Crippen molar-refractivity contribution < 1.29 is 14.6 Å².